The number of carboxylic acids is 1. The van der Waals surface area contributed by atoms with Crippen LogP contribution in [0.3, 0.4) is 0 Å². The Labute approximate surface area is 193 Å². The van der Waals surface area contributed by atoms with Crippen LogP contribution < -0.4 is 10.6 Å². The molecule has 1 aliphatic carbocycles. The molecule has 3 rings (SSSR count). The first kappa shape index (κ1) is 24.3. The van der Waals surface area contributed by atoms with Gasteiger partial charge in [-0.25, -0.2) is 9.59 Å². The number of hydrogen-bond acceptors (Lipinski definition) is 5. The minimum Gasteiger partial charge on any atom is -0.480 e. The van der Waals surface area contributed by atoms with Gasteiger partial charge in [-0.1, -0.05) is 55.0 Å². The van der Waals surface area contributed by atoms with Crippen molar-refractivity contribution in [2.45, 2.75) is 50.7 Å². The van der Waals surface area contributed by atoms with Crippen molar-refractivity contribution < 1.29 is 29.3 Å². The molecule has 2 atom stereocenters. The molecule has 8 nitrogen and oxygen atoms in total. The van der Waals surface area contributed by atoms with Crippen LogP contribution in [0.1, 0.15) is 49.7 Å². The summed E-state index contributed by atoms with van der Waals surface area (Å²) in [5, 5.41) is 23.4. The normalized spacial score (nSPS) is 14.0. The molecule has 8 heteroatoms. The van der Waals surface area contributed by atoms with Gasteiger partial charge in [-0.2, -0.15) is 0 Å². The zero-order valence-corrected chi connectivity index (χ0v) is 18.6. The molecule has 2 aromatic rings. The van der Waals surface area contributed by atoms with Crippen LogP contribution >= 0.6 is 0 Å². The van der Waals surface area contributed by atoms with Gasteiger partial charge in [0, 0.05) is 18.9 Å². The lowest BCUT2D eigenvalue weighted by atomic mass is 9.98. The molecule has 0 spiro atoms. The fraction of sp³-hybridized carbons (Fsp3) is 0.400. The molecule has 0 heterocycles. The maximum Gasteiger partial charge on any atom is 0.407 e. The Balaban J connectivity index is 1.34. The average Bonchev–Trinajstić information content (AvgIpc) is 3.11. The highest BCUT2D eigenvalue weighted by molar-refractivity contribution is 5.84. The second-order valence-corrected chi connectivity index (χ2v) is 8.19. The number of hydrogen-bond donors (Lipinski definition) is 4. The Hall–Kier alpha value is -3.39. The van der Waals surface area contributed by atoms with Gasteiger partial charge < -0.3 is 25.6 Å². The molecule has 0 bridgehead atoms. The van der Waals surface area contributed by atoms with Crippen LogP contribution in [-0.2, 0) is 14.3 Å². The number of carbonyl (C=O) groups is 3. The minimum atomic E-state index is -1.31. The van der Waals surface area contributed by atoms with Gasteiger partial charge in [-0.3, -0.25) is 4.79 Å². The van der Waals surface area contributed by atoms with Crippen molar-refractivity contribution in [2.24, 2.45) is 0 Å². The molecule has 0 saturated carbocycles. The van der Waals surface area contributed by atoms with E-state index in [4.69, 9.17) is 9.84 Å². The van der Waals surface area contributed by atoms with Crippen LogP contribution in [0, 0.1) is 0 Å². The van der Waals surface area contributed by atoms with Gasteiger partial charge in [0.15, 0.2) is 6.04 Å². The van der Waals surface area contributed by atoms with Crippen molar-refractivity contribution in [3.63, 3.8) is 0 Å². The molecule has 0 fully saturated rings. The number of alkyl carbamates (subject to hydrolysis) is 1. The zero-order valence-electron chi connectivity index (χ0n) is 18.6. The van der Waals surface area contributed by atoms with E-state index in [0.717, 1.165) is 11.1 Å². The Bertz CT molecular complexity index is 945. The van der Waals surface area contributed by atoms with E-state index in [0.29, 0.717) is 25.8 Å². The topological polar surface area (TPSA) is 125 Å². The lowest BCUT2D eigenvalue weighted by Gasteiger charge is -2.16. The third-order valence-corrected chi connectivity index (χ3v) is 5.76. The standard InChI is InChI=1S/C25H30N2O6/c1-16(28)23(24(30)31)27-22(29)13-3-2-8-14-26-25(32)33-15-21-19-11-6-4-9-17(19)18-10-5-7-12-20(18)21/h4-7,9-12,16,21,23,28H,2-3,8,13-15H2,1H3,(H,26,32)(H,27,29)(H,30,31). The number of unbranched alkanes of at least 4 members (excludes halogenated alkanes) is 2. The van der Waals surface area contributed by atoms with Gasteiger partial charge in [0.1, 0.15) is 6.61 Å². The fourth-order valence-electron chi connectivity index (χ4n) is 4.06. The summed E-state index contributed by atoms with van der Waals surface area (Å²) >= 11 is 0. The van der Waals surface area contributed by atoms with Crippen LogP contribution in [0.25, 0.3) is 11.1 Å². The molecule has 0 aromatic heterocycles. The summed E-state index contributed by atoms with van der Waals surface area (Å²) in [7, 11) is 0. The SMILES string of the molecule is CC(O)C(NC(=O)CCCCCNC(=O)OCC1c2ccccc2-c2ccccc21)C(=O)O. The van der Waals surface area contributed by atoms with Crippen molar-refractivity contribution in [1.29, 1.82) is 0 Å². The summed E-state index contributed by atoms with van der Waals surface area (Å²) in [4.78, 5) is 34.9. The Kier molecular flexibility index (Phi) is 8.43. The molecule has 0 radical (unpaired) electrons. The number of aliphatic hydroxyl groups is 1. The van der Waals surface area contributed by atoms with Crippen molar-refractivity contribution in [3.8, 4) is 11.1 Å². The Morgan fingerprint density at radius 1 is 0.970 bits per heavy atom. The number of carbonyl (C=O) groups excluding carboxylic acids is 2. The molecular formula is C25H30N2O6. The predicted molar refractivity (Wildman–Crippen MR) is 123 cm³/mol. The smallest absolute Gasteiger partial charge is 0.407 e. The van der Waals surface area contributed by atoms with Gasteiger partial charge in [0.05, 0.1) is 6.10 Å². The lowest BCUT2D eigenvalue weighted by molar-refractivity contribution is -0.144. The number of rotatable bonds is 11. The molecule has 176 valence electrons. The van der Waals surface area contributed by atoms with E-state index in [2.05, 4.69) is 34.9 Å². The number of fused-ring (bicyclic) bond motifs is 3. The fourth-order valence-corrected chi connectivity index (χ4v) is 4.06. The molecule has 0 aliphatic heterocycles. The van der Waals surface area contributed by atoms with E-state index in [9.17, 15) is 19.5 Å². The van der Waals surface area contributed by atoms with Crippen LogP contribution in [-0.4, -0.2) is 53.5 Å². The van der Waals surface area contributed by atoms with Crippen molar-refractivity contribution in [1.82, 2.24) is 10.6 Å². The van der Waals surface area contributed by atoms with E-state index in [1.165, 1.54) is 18.1 Å². The Morgan fingerprint density at radius 3 is 2.15 bits per heavy atom. The van der Waals surface area contributed by atoms with Crippen LogP contribution in [0.5, 0.6) is 0 Å². The number of nitrogens with one attached hydrogen (secondary N) is 2. The second kappa shape index (κ2) is 11.5. The van der Waals surface area contributed by atoms with E-state index in [-0.39, 0.29) is 18.9 Å². The first-order chi connectivity index (χ1) is 15.9. The highest BCUT2D eigenvalue weighted by atomic mass is 16.5. The van der Waals surface area contributed by atoms with Crippen molar-refractivity contribution in [2.75, 3.05) is 13.2 Å². The van der Waals surface area contributed by atoms with E-state index >= 15 is 0 Å². The maximum absolute atomic E-state index is 12.1. The van der Waals surface area contributed by atoms with Gasteiger partial charge in [-0.05, 0) is 42.0 Å². The van der Waals surface area contributed by atoms with Gasteiger partial charge in [0.25, 0.3) is 0 Å². The summed E-state index contributed by atoms with van der Waals surface area (Å²) in [6.07, 6.45) is 0.398. The largest absolute Gasteiger partial charge is 0.480 e. The highest BCUT2D eigenvalue weighted by Crippen LogP contribution is 2.44. The first-order valence-corrected chi connectivity index (χ1v) is 11.2. The molecule has 2 unspecified atom stereocenters. The summed E-state index contributed by atoms with van der Waals surface area (Å²) in [5.41, 5.74) is 4.67. The Morgan fingerprint density at radius 2 is 1.58 bits per heavy atom. The maximum atomic E-state index is 12.1. The minimum absolute atomic E-state index is 0.0120. The summed E-state index contributed by atoms with van der Waals surface area (Å²) in [5.74, 6) is -1.68. The summed E-state index contributed by atoms with van der Waals surface area (Å²) in [6.45, 7) is 1.99. The number of carboxylic acid groups (broad SMARTS) is 1. The van der Waals surface area contributed by atoms with E-state index < -0.39 is 30.1 Å². The summed E-state index contributed by atoms with van der Waals surface area (Å²) < 4.78 is 5.48. The average molecular weight is 455 g/mol. The monoisotopic (exact) mass is 454 g/mol. The molecule has 1 aliphatic rings. The first-order valence-electron chi connectivity index (χ1n) is 11.2. The molecule has 2 amide bonds. The van der Waals surface area contributed by atoms with Crippen molar-refractivity contribution in [3.05, 3.63) is 59.7 Å². The number of aliphatic carboxylic acids is 1. The molecule has 0 saturated heterocycles. The van der Waals surface area contributed by atoms with Crippen LogP contribution in [0.4, 0.5) is 4.79 Å². The highest BCUT2D eigenvalue weighted by Gasteiger charge is 2.29. The zero-order chi connectivity index (χ0) is 23.8. The molecular weight excluding hydrogens is 424 g/mol. The third-order valence-electron chi connectivity index (χ3n) is 5.76. The summed E-state index contributed by atoms with van der Waals surface area (Å²) in [6, 6.07) is 15.0. The van der Waals surface area contributed by atoms with E-state index in [1.54, 1.807) is 0 Å². The predicted octanol–water partition coefficient (Wildman–Crippen LogP) is 3.04. The van der Waals surface area contributed by atoms with Crippen molar-refractivity contribution >= 4 is 18.0 Å². The number of benzene rings is 2. The van der Waals surface area contributed by atoms with Crippen LogP contribution in [0.15, 0.2) is 48.5 Å². The number of ether oxygens (including phenoxy) is 1. The molecule has 33 heavy (non-hydrogen) atoms. The number of amides is 2. The molecule has 2 aromatic carbocycles. The third kappa shape index (κ3) is 6.32. The van der Waals surface area contributed by atoms with Gasteiger partial charge in [0.2, 0.25) is 5.91 Å². The lowest BCUT2D eigenvalue weighted by Crippen LogP contribution is -2.47. The van der Waals surface area contributed by atoms with Gasteiger partial charge in [-0.15, -0.1) is 0 Å². The number of aliphatic hydroxyl groups excluding tert-OH is 1. The second-order valence-electron chi connectivity index (χ2n) is 8.19. The van der Waals surface area contributed by atoms with Crippen LogP contribution in [0.2, 0.25) is 0 Å². The van der Waals surface area contributed by atoms with E-state index in [1.807, 2.05) is 24.3 Å². The van der Waals surface area contributed by atoms with Gasteiger partial charge >= 0.3 is 12.1 Å². The molecule has 4 N–H and O–H groups in total. The quantitative estimate of drug-likeness (QED) is 0.387.